The molecule has 0 amide bonds. The van der Waals surface area contributed by atoms with E-state index in [0.717, 1.165) is 15.5 Å². The smallest absolute Gasteiger partial charge is 0.155 e. The van der Waals surface area contributed by atoms with Gasteiger partial charge >= 0.3 is 0 Å². The number of rotatable bonds is 0. The number of nitrogens with zero attached hydrogens (tertiary/aromatic N) is 4. The Morgan fingerprint density at radius 3 is 2.94 bits per heavy atom. The van der Waals surface area contributed by atoms with E-state index < -0.39 is 0 Å². The maximum absolute atomic E-state index is 8.96. The molecule has 0 unspecified atom stereocenters. The van der Waals surface area contributed by atoms with Crippen LogP contribution in [0.25, 0.3) is 16.6 Å². The molecule has 3 aromatic rings. The molecule has 0 saturated heterocycles. The summed E-state index contributed by atoms with van der Waals surface area (Å²) in [7, 11) is 0. The lowest BCUT2D eigenvalue weighted by atomic mass is 10.2. The van der Waals surface area contributed by atoms with Crippen LogP contribution in [-0.4, -0.2) is 14.4 Å². The predicted molar refractivity (Wildman–Crippen MR) is 67.9 cm³/mol. The monoisotopic (exact) mass is 306 g/mol. The van der Waals surface area contributed by atoms with Gasteiger partial charge in [0.15, 0.2) is 5.15 Å². The largest absolute Gasteiger partial charge is 0.294 e. The normalized spacial score (nSPS) is 10.9. The molecular weight excluding hydrogens is 304 g/mol. The number of imidazole rings is 1. The Bertz CT molecular complexity index is 787. The molecule has 3 rings (SSSR count). The first-order valence-electron chi connectivity index (χ1n) is 4.71. The van der Waals surface area contributed by atoms with Crippen molar-refractivity contribution in [2.45, 2.75) is 0 Å². The molecule has 1 aromatic carbocycles. The van der Waals surface area contributed by atoms with E-state index in [-0.39, 0.29) is 0 Å². The van der Waals surface area contributed by atoms with Crippen LogP contribution in [0.5, 0.6) is 0 Å². The summed E-state index contributed by atoms with van der Waals surface area (Å²) in [5.74, 6) is 0. The van der Waals surface area contributed by atoms with Crippen molar-refractivity contribution in [1.82, 2.24) is 14.4 Å². The van der Waals surface area contributed by atoms with Crippen LogP contribution in [0.15, 0.2) is 29.1 Å². The average molecular weight is 308 g/mol. The van der Waals surface area contributed by atoms with E-state index in [4.69, 9.17) is 16.9 Å². The van der Waals surface area contributed by atoms with Crippen molar-refractivity contribution in [1.29, 1.82) is 5.26 Å². The fraction of sp³-hybridized carbons (Fsp3) is 0. The number of benzene rings is 1. The van der Waals surface area contributed by atoms with Gasteiger partial charge in [0.25, 0.3) is 0 Å². The molecule has 0 spiro atoms. The van der Waals surface area contributed by atoms with Gasteiger partial charge in [-0.1, -0.05) is 11.6 Å². The Morgan fingerprint density at radius 2 is 2.18 bits per heavy atom. The standard InChI is InChI=1S/C11H4BrClN4/c12-7-2-9-8(1-6(7)3-14)16-11(13)10-4-15-5-17(9)10/h1-2,4-5H. The summed E-state index contributed by atoms with van der Waals surface area (Å²) in [4.78, 5) is 8.30. The van der Waals surface area contributed by atoms with Crippen LogP contribution < -0.4 is 0 Å². The highest BCUT2D eigenvalue weighted by Gasteiger charge is 2.09. The zero-order chi connectivity index (χ0) is 12.0. The number of hydrogen-bond donors (Lipinski definition) is 0. The van der Waals surface area contributed by atoms with Gasteiger partial charge in [-0.3, -0.25) is 4.40 Å². The summed E-state index contributed by atoms with van der Waals surface area (Å²) in [5.41, 5.74) is 2.80. The van der Waals surface area contributed by atoms with Crippen LogP contribution in [0, 0.1) is 11.3 Å². The minimum atomic E-state index is 0.376. The van der Waals surface area contributed by atoms with Crippen LogP contribution in [0.2, 0.25) is 5.15 Å². The molecule has 0 aliphatic carbocycles. The number of fused-ring (bicyclic) bond motifs is 3. The molecule has 0 saturated carbocycles. The van der Waals surface area contributed by atoms with E-state index in [1.54, 1.807) is 18.6 Å². The lowest BCUT2D eigenvalue weighted by Crippen LogP contribution is -1.92. The van der Waals surface area contributed by atoms with Gasteiger partial charge in [-0.2, -0.15) is 5.26 Å². The molecule has 0 aliphatic rings. The van der Waals surface area contributed by atoms with E-state index in [2.05, 4.69) is 32.0 Å². The molecule has 0 fully saturated rings. The van der Waals surface area contributed by atoms with E-state index >= 15 is 0 Å². The summed E-state index contributed by atoms with van der Waals surface area (Å²) in [5, 5.41) is 9.34. The number of nitriles is 1. The average Bonchev–Trinajstić information content (AvgIpc) is 2.79. The minimum Gasteiger partial charge on any atom is -0.294 e. The van der Waals surface area contributed by atoms with Gasteiger partial charge in [0.05, 0.1) is 29.1 Å². The molecular formula is C11H4BrClN4. The number of hydrogen-bond acceptors (Lipinski definition) is 3. The van der Waals surface area contributed by atoms with Crippen molar-refractivity contribution in [3.05, 3.63) is 39.8 Å². The first-order valence-corrected chi connectivity index (χ1v) is 5.88. The van der Waals surface area contributed by atoms with Gasteiger partial charge in [0.1, 0.15) is 11.6 Å². The Hall–Kier alpha value is -1.64. The fourth-order valence-electron chi connectivity index (χ4n) is 1.72. The zero-order valence-corrected chi connectivity index (χ0v) is 10.7. The Kier molecular flexibility index (Phi) is 2.28. The summed E-state index contributed by atoms with van der Waals surface area (Å²) < 4.78 is 2.57. The van der Waals surface area contributed by atoms with Crippen LogP contribution in [0.3, 0.4) is 0 Å². The molecule has 6 heteroatoms. The Morgan fingerprint density at radius 1 is 1.35 bits per heavy atom. The molecule has 82 valence electrons. The van der Waals surface area contributed by atoms with Crippen molar-refractivity contribution in [3.8, 4) is 6.07 Å². The summed E-state index contributed by atoms with van der Waals surface area (Å²) in [6, 6.07) is 5.63. The third kappa shape index (κ3) is 1.49. The van der Waals surface area contributed by atoms with E-state index in [0.29, 0.717) is 16.2 Å². The number of halogens is 2. The summed E-state index contributed by atoms with van der Waals surface area (Å²) >= 11 is 9.40. The molecule has 0 N–H and O–H groups in total. The molecule has 0 radical (unpaired) electrons. The third-order valence-electron chi connectivity index (χ3n) is 2.51. The lowest BCUT2D eigenvalue weighted by molar-refractivity contribution is 1.18. The molecule has 0 bridgehead atoms. The lowest BCUT2D eigenvalue weighted by Gasteiger charge is -2.05. The van der Waals surface area contributed by atoms with Gasteiger partial charge < -0.3 is 0 Å². The summed E-state index contributed by atoms with van der Waals surface area (Å²) in [6.07, 6.45) is 3.32. The maximum atomic E-state index is 8.96. The van der Waals surface area contributed by atoms with Crippen molar-refractivity contribution in [3.63, 3.8) is 0 Å². The first-order chi connectivity index (χ1) is 8.20. The van der Waals surface area contributed by atoms with Gasteiger partial charge in [-0.15, -0.1) is 0 Å². The van der Waals surface area contributed by atoms with Gasteiger partial charge in [0, 0.05) is 4.47 Å². The van der Waals surface area contributed by atoms with E-state index in [9.17, 15) is 0 Å². The predicted octanol–water partition coefficient (Wildman–Crippen LogP) is 3.17. The van der Waals surface area contributed by atoms with Gasteiger partial charge in [-0.25, -0.2) is 9.97 Å². The molecule has 2 heterocycles. The molecule has 2 aromatic heterocycles. The maximum Gasteiger partial charge on any atom is 0.155 e. The van der Waals surface area contributed by atoms with Crippen molar-refractivity contribution >= 4 is 44.1 Å². The SMILES string of the molecule is N#Cc1cc2nc(Cl)c3cncn3c2cc1Br. The molecule has 0 atom stereocenters. The van der Waals surface area contributed by atoms with Crippen molar-refractivity contribution in [2.24, 2.45) is 0 Å². The highest BCUT2D eigenvalue weighted by atomic mass is 79.9. The molecule has 17 heavy (non-hydrogen) atoms. The third-order valence-corrected chi connectivity index (χ3v) is 3.45. The molecule has 4 nitrogen and oxygen atoms in total. The Balaban J connectivity index is 2.56. The van der Waals surface area contributed by atoms with Crippen LogP contribution in [-0.2, 0) is 0 Å². The second-order valence-corrected chi connectivity index (χ2v) is 4.70. The number of aromatic nitrogens is 3. The van der Waals surface area contributed by atoms with Gasteiger partial charge in [0.2, 0.25) is 0 Å². The second-order valence-electron chi connectivity index (χ2n) is 3.48. The minimum absolute atomic E-state index is 0.376. The van der Waals surface area contributed by atoms with E-state index in [1.807, 2.05) is 10.5 Å². The van der Waals surface area contributed by atoms with E-state index in [1.165, 1.54) is 0 Å². The quantitative estimate of drug-likeness (QED) is 0.641. The van der Waals surface area contributed by atoms with Crippen molar-refractivity contribution < 1.29 is 0 Å². The zero-order valence-electron chi connectivity index (χ0n) is 8.35. The fourth-order valence-corrected chi connectivity index (χ4v) is 2.37. The summed E-state index contributed by atoms with van der Waals surface area (Å²) in [6.45, 7) is 0. The highest BCUT2D eigenvalue weighted by molar-refractivity contribution is 9.10. The van der Waals surface area contributed by atoms with Crippen LogP contribution >= 0.6 is 27.5 Å². The molecule has 0 aliphatic heterocycles. The van der Waals surface area contributed by atoms with Crippen LogP contribution in [0.1, 0.15) is 5.56 Å². The first kappa shape index (κ1) is 10.5. The second kappa shape index (κ2) is 3.69. The van der Waals surface area contributed by atoms with Crippen LogP contribution in [0.4, 0.5) is 0 Å². The van der Waals surface area contributed by atoms with Gasteiger partial charge in [-0.05, 0) is 28.1 Å². The highest BCUT2D eigenvalue weighted by Crippen LogP contribution is 2.26. The van der Waals surface area contributed by atoms with Crippen molar-refractivity contribution in [2.75, 3.05) is 0 Å². The Labute approximate surface area is 110 Å². The topological polar surface area (TPSA) is 54.0 Å².